The van der Waals surface area contributed by atoms with Gasteiger partial charge in [-0.2, -0.15) is 0 Å². The fourth-order valence-electron chi connectivity index (χ4n) is 1.96. The summed E-state index contributed by atoms with van der Waals surface area (Å²) in [6.07, 6.45) is 2.64. The minimum atomic E-state index is -0.642. The number of carbonyl (C=O) groups is 1. The first kappa shape index (κ1) is 19.9. The van der Waals surface area contributed by atoms with Crippen LogP contribution >= 0.6 is 11.8 Å². The number of nitrogens with one attached hydrogen (secondary N) is 2. The van der Waals surface area contributed by atoms with Crippen molar-refractivity contribution in [3.8, 4) is 0 Å². The molecule has 0 spiro atoms. The van der Waals surface area contributed by atoms with Crippen molar-refractivity contribution in [2.24, 2.45) is 0 Å². The van der Waals surface area contributed by atoms with Crippen LogP contribution in [0.25, 0.3) is 0 Å². The predicted octanol–water partition coefficient (Wildman–Crippen LogP) is 3.92. The fraction of sp³-hybridized carbons (Fsp3) is 0.353. The molecule has 0 fully saturated rings. The Morgan fingerprint density at radius 1 is 1.38 bits per heavy atom. The average Bonchev–Trinajstić information content (AvgIpc) is 2.56. The highest BCUT2D eigenvalue weighted by atomic mass is 32.2. The van der Waals surface area contributed by atoms with Gasteiger partial charge < -0.3 is 15.2 Å². The van der Waals surface area contributed by atoms with Gasteiger partial charge in [0.2, 0.25) is 0 Å². The van der Waals surface area contributed by atoms with Crippen LogP contribution in [0.15, 0.2) is 29.6 Å². The van der Waals surface area contributed by atoms with Crippen molar-refractivity contribution in [3.05, 3.63) is 35.8 Å². The van der Waals surface area contributed by atoms with Gasteiger partial charge >= 0.3 is 6.09 Å². The molecule has 140 valence electrons. The number of aliphatic hydroxyl groups excluding tert-OH is 1. The van der Waals surface area contributed by atoms with Gasteiger partial charge in [0.05, 0.1) is 12.3 Å². The van der Waals surface area contributed by atoms with Crippen LogP contribution in [0.5, 0.6) is 0 Å². The molecule has 0 aliphatic heterocycles. The second-order valence-electron chi connectivity index (χ2n) is 6.34. The molecule has 0 saturated heterocycles. The van der Waals surface area contributed by atoms with Crippen LogP contribution < -0.4 is 10.6 Å². The van der Waals surface area contributed by atoms with Gasteiger partial charge in [0, 0.05) is 17.4 Å². The number of hydrogen-bond donors (Lipinski definition) is 3. The first-order valence-corrected chi connectivity index (χ1v) is 9.01. The molecular weight excluding hydrogens is 359 g/mol. The number of aliphatic hydroxyl groups is 1. The number of anilines is 3. The highest BCUT2D eigenvalue weighted by molar-refractivity contribution is 7.98. The molecule has 2 rings (SSSR count). The predicted molar refractivity (Wildman–Crippen MR) is 99.3 cm³/mol. The summed E-state index contributed by atoms with van der Waals surface area (Å²) in [5, 5.41) is 15.3. The molecule has 26 heavy (non-hydrogen) atoms. The molecule has 1 heterocycles. The smallest absolute Gasteiger partial charge is 0.412 e. The highest BCUT2D eigenvalue weighted by Crippen LogP contribution is 2.26. The molecule has 1 aromatic heterocycles. The first-order chi connectivity index (χ1) is 12.2. The maximum atomic E-state index is 14.2. The lowest BCUT2D eigenvalue weighted by atomic mass is 10.2. The monoisotopic (exact) mass is 380 g/mol. The van der Waals surface area contributed by atoms with E-state index in [-0.39, 0.29) is 12.3 Å². The van der Waals surface area contributed by atoms with E-state index in [9.17, 15) is 14.3 Å². The number of rotatable bonds is 5. The molecule has 0 aliphatic rings. The number of ether oxygens (including phenoxy) is 1. The zero-order valence-electron chi connectivity index (χ0n) is 15.0. The van der Waals surface area contributed by atoms with E-state index in [1.807, 2.05) is 6.26 Å². The summed E-state index contributed by atoms with van der Waals surface area (Å²) in [6.45, 7) is 4.95. The molecule has 0 atom stereocenters. The van der Waals surface area contributed by atoms with Crippen LogP contribution in [0, 0.1) is 5.82 Å². The van der Waals surface area contributed by atoms with Gasteiger partial charge in [0.15, 0.2) is 5.16 Å². The van der Waals surface area contributed by atoms with Gasteiger partial charge in [-0.25, -0.2) is 19.2 Å². The average molecular weight is 380 g/mol. The number of benzene rings is 1. The van der Waals surface area contributed by atoms with E-state index in [0.29, 0.717) is 22.2 Å². The van der Waals surface area contributed by atoms with Crippen LogP contribution in [0.4, 0.5) is 26.4 Å². The number of hydrogen-bond acceptors (Lipinski definition) is 7. The number of amides is 1. The SMILES string of the molecule is CSc1ncc(CO)c(Nc2cc(NC(=O)OC(C)(C)C)ccc2F)n1. The van der Waals surface area contributed by atoms with E-state index in [0.717, 1.165) is 0 Å². The Labute approximate surface area is 155 Å². The molecule has 9 heteroatoms. The minimum Gasteiger partial charge on any atom is -0.444 e. The maximum Gasteiger partial charge on any atom is 0.412 e. The molecule has 0 aliphatic carbocycles. The van der Waals surface area contributed by atoms with Crippen LogP contribution in [-0.2, 0) is 11.3 Å². The van der Waals surface area contributed by atoms with Gasteiger partial charge in [-0.05, 0) is 45.2 Å². The Hall–Kier alpha value is -2.39. The fourth-order valence-corrected chi connectivity index (χ4v) is 2.30. The first-order valence-electron chi connectivity index (χ1n) is 7.79. The summed E-state index contributed by atoms with van der Waals surface area (Å²) in [7, 11) is 0. The van der Waals surface area contributed by atoms with Gasteiger partial charge in [-0.1, -0.05) is 11.8 Å². The van der Waals surface area contributed by atoms with Crippen molar-refractivity contribution < 1.29 is 19.0 Å². The zero-order chi connectivity index (χ0) is 19.3. The van der Waals surface area contributed by atoms with Crippen LogP contribution in [-0.4, -0.2) is 33.0 Å². The lowest BCUT2D eigenvalue weighted by Crippen LogP contribution is -2.27. The third kappa shape index (κ3) is 5.57. The molecule has 7 nitrogen and oxygen atoms in total. The molecule has 1 aromatic carbocycles. The van der Waals surface area contributed by atoms with E-state index < -0.39 is 17.5 Å². The third-order valence-corrected chi connectivity index (χ3v) is 3.62. The van der Waals surface area contributed by atoms with Crippen LogP contribution in [0.1, 0.15) is 26.3 Å². The topological polar surface area (TPSA) is 96.4 Å². The van der Waals surface area contributed by atoms with E-state index in [2.05, 4.69) is 20.6 Å². The number of halogens is 1. The molecule has 0 unspecified atom stereocenters. The lowest BCUT2D eigenvalue weighted by molar-refractivity contribution is 0.0636. The van der Waals surface area contributed by atoms with Crippen molar-refractivity contribution >= 4 is 35.0 Å². The second kappa shape index (κ2) is 8.33. The summed E-state index contributed by atoms with van der Waals surface area (Å²) < 4.78 is 19.3. The standard InChI is InChI=1S/C17H21FN4O3S/c1-17(2,3)25-16(24)20-11-5-6-12(18)13(7-11)21-14-10(9-23)8-19-15(22-14)26-4/h5-8,23H,9H2,1-4H3,(H,20,24)(H,19,21,22). The Kier molecular flexibility index (Phi) is 6.38. The molecule has 3 N–H and O–H groups in total. The van der Waals surface area contributed by atoms with Gasteiger partial charge in [-0.3, -0.25) is 5.32 Å². The summed E-state index contributed by atoms with van der Waals surface area (Å²) in [6, 6.07) is 4.05. The van der Waals surface area contributed by atoms with Crippen LogP contribution in [0.3, 0.4) is 0 Å². The van der Waals surface area contributed by atoms with Crippen molar-refractivity contribution in [1.29, 1.82) is 0 Å². The lowest BCUT2D eigenvalue weighted by Gasteiger charge is -2.20. The van der Waals surface area contributed by atoms with Crippen molar-refractivity contribution in [3.63, 3.8) is 0 Å². The van der Waals surface area contributed by atoms with Gasteiger partial charge in [0.1, 0.15) is 17.2 Å². The van der Waals surface area contributed by atoms with Crippen LogP contribution in [0.2, 0.25) is 0 Å². The number of carbonyl (C=O) groups excluding carboxylic acids is 1. The number of aromatic nitrogens is 2. The highest BCUT2D eigenvalue weighted by Gasteiger charge is 2.17. The second-order valence-corrected chi connectivity index (χ2v) is 7.11. The van der Waals surface area contributed by atoms with E-state index in [1.54, 1.807) is 20.8 Å². The van der Waals surface area contributed by atoms with Crippen molar-refractivity contribution in [1.82, 2.24) is 9.97 Å². The summed E-state index contributed by atoms with van der Waals surface area (Å²) in [5.74, 6) is -0.242. The summed E-state index contributed by atoms with van der Waals surface area (Å²) in [5.41, 5.74) is 0.232. The Bertz CT molecular complexity index is 796. The molecular formula is C17H21FN4O3S. The number of thioether (sulfide) groups is 1. The van der Waals surface area contributed by atoms with E-state index in [4.69, 9.17) is 4.74 Å². The Morgan fingerprint density at radius 3 is 2.73 bits per heavy atom. The summed E-state index contributed by atoms with van der Waals surface area (Å²) >= 11 is 1.32. The van der Waals surface area contributed by atoms with Gasteiger partial charge in [0.25, 0.3) is 0 Å². The van der Waals surface area contributed by atoms with Gasteiger partial charge in [-0.15, -0.1) is 0 Å². The quantitative estimate of drug-likeness (QED) is 0.534. The van der Waals surface area contributed by atoms with E-state index in [1.165, 1.54) is 36.2 Å². The Morgan fingerprint density at radius 2 is 2.12 bits per heavy atom. The molecule has 0 bridgehead atoms. The number of nitrogens with zero attached hydrogens (tertiary/aromatic N) is 2. The Balaban J connectivity index is 2.24. The maximum absolute atomic E-state index is 14.2. The van der Waals surface area contributed by atoms with E-state index >= 15 is 0 Å². The molecule has 0 saturated carbocycles. The zero-order valence-corrected chi connectivity index (χ0v) is 15.8. The minimum absolute atomic E-state index is 0.0963. The normalized spacial score (nSPS) is 11.2. The molecule has 2 aromatic rings. The third-order valence-electron chi connectivity index (χ3n) is 3.06. The molecule has 1 amide bonds. The van der Waals surface area contributed by atoms with Crippen molar-refractivity contribution in [2.75, 3.05) is 16.9 Å². The van der Waals surface area contributed by atoms with Crippen molar-refractivity contribution in [2.45, 2.75) is 38.1 Å². The summed E-state index contributed by atoms with van der Waals surface area (Å²) in [4.78, 5) is 20.2. The largest absolute Gasteiger partial charge is 0.444 e. The molecule has 0 radical (unpaired) electrons.